The number of anilines is 1. The second-order valence-electron chi connectivity index (χ2n) is 9.33. The first-order valence-corrected chi connectivity index (χ1v) is 16.8. The van der Waals surface area contributed by atoms with Crippen LogP contribution < -0.4 is 14.9 Å². The number of nitrogens with zero attached hydrogens (tertiary/aromatic N) is 2. The van der Waals surface area contributed by atoms with Crippen molar-refractivity contribution in [3.8, 4) is 5.75 Å². The van der Waals surface area contributed by atoms with E-state index in [1.807, 2.05) is 36.6 Å². The van der Waals surface area contributed by atoms with Gasteiger partial charge in [-0.2, -0.15) is 4.99 Å². The highest BCUT2D eigenvalue weighted by atomic mass is 32.2. The lowest BCUT2D eigenvalue weighted by Crippen LogP contribution is -2.21. The van der Waals surface area contributed by atoms with Crippen molar-refractivity contribution in [3.63, 3.8) is 0 Å². The minimum Gasteiger partial charge on any atom is -0.494 e. The second-order valence-corrected chi connectivity index (χ2v) is 12.4. The molecule has 12 heteroatoms. The van der Waals surface area contributed by atoms with Gasteiger partial charge in [0.15, 0.2) is 4.80 Å². The van der Waals surface area contributed by atoms with Crippen molar-refractivity contribution in [1.29, 1.82) is 0 Å². The summed E-state index contributed by atoms with van der Waals surface area (Å²) in [7, 11) is 0. The summed E-state index contributed by atoms with van der Waals surface area (Å²) in [4.78, 5) is 44.5. The number of esters is 1. The van der Waals surface area contributed by atoms with Crippen LogP contribution in [-0.2, 0) is 38.4 Å². The number of carbonyl (C=O) groups is 3. The molecule has 2 heterocycles. The Morgan fingerprint density at radius 2 is 1.85 bits per heavy atom. The van der Waals surface area contributed by atoms with E-state index < -0.39 is 5.97 Å². The van der Waals surface area contributed by atoms with Gasteiger partial charge in [0.1, 0.15) is 10.8 Å². The minimum absolute atomic E-state index is 0.0585. The molecule has 3 aromatic rings. The zero-order valence-corrected chi connectivity index (χ0v) is 26.2. The number of hydrogen-bond acceptors (Lipinski definition) is 9. The van der Waals surface area contributed by atoms with E-state index in [2.05, 4.69) is 10.3 Å². The zero-order valence-electron chi connectivity index (χ0n) is 23.8. The molecule has 0 bridgehead atoms. The number of carbonyl (C=O) groups excluding carboxylic acids is 3. The summed E-state index contributed by atoms with van der Waals surface area (Å²) in [6.45, 7) is 8.18. The zero-order chi connectivity index (χ0) is 29.2. The molecule has 222 valence electrons. The number of ether oxygens (including phenoxy) is 3. The Morgan fingerprint density at radius 3 is 2.63 bits per heavy atom. The van der Waals surface area contributed by atoms with E-state index >= 15 is 0 Å². The third kappa shape index (κ3) is 8.21. The van der Waals surface area contributed by atoms with E-state index in [1.165, 1.54) is 34.4 Å². The van der Waals surface area contributed by atoms with Crippen LogP contribution in [0, 0.1) is 0 Å². The van der Waals surface area contributed by atoms with Crippen LogP contribution in [0.3, 0.4) is 0 Å². The van der Waals surface area contributed by atoms with Crippen molar-refractivity contribution in [3.05, 3.63) is 39.0 Å². The van der Waals surface area contributed by atoms with Gasteiger partial charge in [-0.15, -0.1) is 23.1 Å². The number of nitrogens with one attached hydrogen (secondary N) is 1. The molecule has 1 N–H and O–H groups in total. The summed E-state index contributed by atoms with van der Waals surface area (Å²) in [6.07, 6.45) is 4.94. The average Bonchev–Trinajstić information content (AvgIpc) is 3.35. The van der Waals surface area contributed by atoms with Crippen LogP contribution in [0.4, 0.5) is 5.00 Å². The quantitative estimate of drug-likeness (QED) is 0.154. The Balaban J connectivity index is 1.42. The lowest BCUT2D eigenvalue weighted by atomic mass is 10.1. The number of fused-ring (bicyclic) bond motifs is 2. The second kappa shape index (κ2) is 15.5. The van der Waals surface area contributed by atoms with Gasteiger partial charge in [-0.05, 0) is 70.2 Å². The first kappa shape index (κ1) is 31.3. The number of thiazole rings is 1. The highest BCUT2D eigenvalue weighted by molar-refractivity contribution is 8.00. The summed E-state index contributed by atoms with van der Waals surface area (Å²) in [5.74, 6) is -0.0747. The maximum Gasteiger partial charge on any atom is 0.341 e. The Morgan fingerprint density at radius 1 is 1.02 bits per heavy atom. The van der Waals surface area contributed by atoms with Gasteiger partial charge in [-0.25, -0.2) is 4.79 Å². The highest BCUT2D eigenvalue weighted by Crippen LogP contribution is 2.38. The van der Waals surface area contributed by atoms with Crippen LogP contribution in [0.2, 0.25) is 0 Å². The molecule has 9 nitrogen and oxygen atoms in total. The van der Waals surface area contributed by atoms with Crippen molar-refractivity contribution >= 4 is 67.4 Å². The predicted molar refractivity (Wildman–Crippen MR) is 166 cm³/mol. The van der Waals surface area contributed by atoms with E-state index in [4.69, 9.17) is 14.2 Å². The van der Waals surface area contributed by atoms with Gasteiger partial charge in [-0.1, -0.05) is 17.8 Å². The molecular weight excluding hydrogens is 583 g/mol. The van der Waals surface area contributed by atoms with Crippen LogP contribution in [0.15, 0.2) is 23.2 Å². The molecule has 0 fully saturated rings. The molecule has 41 heavy (non-hydrogen) atoms. The Labute approximate surface area is 252 Å². The van der Waals surface area contributed by atoms with E-state index in [0.29, 0.717) is 41.7 Å². The largest absolute Gasteiger partial charge is 0.494 e. The van der Waals surface area contributed by atoms with Gasteiger partial charge in [-0.3, -0.25) is 9.59 Å². The monoisotopic (exact) mass is 619 g/mol. The molecule has 1 aromatic carbocycles. The maximum absolute atomic E-state index is 12.8. The van der Waals surface area contributed by atoms with Gasteiger partial charge in [0.25, 0.3) is 5.91 Å². The van der Waals surface area contributed by atoms with Gasteiger partial charge in [0, 0.05) is 18.0 Å². The van der Waals surface area contributed by atoms with Crippen molar-refractivity contribution in [1.82, 2.24) is 4.57 Å². The van der Waals surface area contributed by atoms with Crippen LogP contribution in [0.1, 0.15) is 60.8 Å². The molecule has 0 saturated heterocycles. The summed E-state index contributed by atoms with van der Waals surface area (Å²) in [5, 5.41) is 3.46. The van der Waals surface area contributed by atoms with E-state index in [1.54, 1.807) is 6.92 Å². The van der Waals surface area contributed by atoms with E-state index in [-0.39, 0.29) is 29.9 Å². The van der Waals surface area contributed by atoms with Crippen molar-refractivity contribution < 1.29 is 28.6 Å². The van der Waals surface area contributed by atoms with Crippen molar-refractivity contribution in [2.24, 2.45) is 4.99 Å². The topological polar surface area (TPSA) is 108 Å². The fraction of sp³-hybridized carbons (Fsp3) is 0.517. The van der Waals surface area contributed by atoms with Gasteiger partial charge in [0.2, 0.25) is 5.91 Å². The minimum atomic E-state index is -0.391. The van der Waals surface area contributed by atoms with Gasteiger partial charge in [0.05, 0.1) is 47.1 Å². The summed E-state index contributed by atoms with van der Waals surface area (Å²) >= 11 is 4.09. The Kier molecular flexibility index (Phi) is 11.8. The first-order valence-electron chi connectivity index (χ1n) is 14.1. The fourth-order valence-corrected chi connectivity index (χ4v) is 7.69. The van der Waals surface area contributed by atoms with Crippen LogP contribution >= 0.6 is 34.4 Å². The van der Waals surface area contributed by atoms with Crippen molar-refractivity contribution in [2.45, 2.75) is 59.4 Å². The molecule has 2 aromatic heterocycles. The molecule has 0 radical (unpaired) electrons. The number of amides is 2. The normalized spacial score (nSPS) is 13.6. The van der Waals surface area contributed by atoms with Crippen LogP contribution in [0.25, 0.3) is 10.2 Å². The van der Waals surface area contributed by atoms with E-state index in [0.717, 1.165) is 58.5 Å². The number of rotatable bonds is 13. The fourth-order valence-electron chi connectivity index (χ4n) is 4.69. The Bertz CT molecular complexity index is 1440. The van der Waals surface area contributed by atoms with Crippen LogP contribution in [0.5, 0.6) is 5.75 Å². The molecule has 0 unspecified atom stereocenters. The number of aryl methyl sites for hydroxylation is 1. The standard InChI is InChI=1S/C29H37N3O6S3/c1-4-36-15-14-32-21-13-12-19(37-5-2)16-23(21)41-29(32)31-25(34)18-39-17-24(33)30-27-26(28(35)38-6-3)20-10-8-7-9-11-22(20)40-27/h12-13,16H,4-11,14-15,17-18H2,1-3H3,(H,30,33). The third-order valence-corrected chi connectivity index (χ3v) is 9.63. The molecule has 4 rings (SSSR count). The number of aromatic nitrogens is 1. The SMILES string of the molecule is CCOCCn1c(=NC(=O)CSCC(=O)Nc2sc3c(c2C(=O)OCC)CCCCC3)sc2cc(OCC)ccc21. The molecule has 0 spiro atoms. The predicted octanol–water partition coefficient (Wildman–Crippen LogP) is 5.44. The molecule has 1 aliphatic carbocycles. The first-order chi connectivity index (χ1) is 19.9. The highest BCUT2D eigenvalue weighted by Gasteiger charge is 2.26. The molecule has 0 saturated carbocycles. The molecular formula is C29H37N3O6S3. The summed E-state index contributed by atoms with van der Waals surface area (Å²) in [6, 6.07) is 5.84. The smallest absolute Gasteiger partial charge is 0.341 e. The molecule has 2 amide bonds. The summed E-state index contributed by atoms with van der Waals surface area (Å²) in [5.41, 5.74) is 2.47. The lowest BCUT2D eigenvalue weighted by molar-refractivity contribution is -0.115. The van der Waals surface area contributed by atoms with Gasteiger partial charge >= 0.3 is 5.97 Å². The summed E-state index contributed by atoms with van der Waals surface area (Å²) < 4.78 is 19.4. The third-order valence-electron chi connectivity index (χ3n) is 6.46. The number of thiophene rings is 1. The number of thioether (sulfide) groups is 1. The maximum atomic E-state index is 12.8. The van der Waals surface area contributed by atoms with Gasteiger partial charge < -0.3 is 24.1 Å². The molecule has 1 aliphatic rings. The van der Waals surface area contributed by atoms with E-state index in [9.17, 15) is 14.4 Å². The number of hydrogen-bond donors (Lipinski definition) is 1. The van der Waals surface area contributed by atoms with Crippen LogP contribution in [-0.4, -0.2) is 60.3 Å². The van der Waals surface area contributed by atoms with Crippen molar-refractivity contribution in [2.75, 3.05) is 43.3 Å². The average molecular weight is 620 g/mol. The Hall–Kier alpha value is -2.67. The molecule has 0 atom stereocenters. The molecule has 0 aliphatic heterocycles. The lowest BCUT2D eigenvalue weighted by Gasteiger charge is -2.08. The number of benzene rings is 1.